The minimum atomic E-state index is -4.90. The average molecular weight is 705 g/mol. The first-order chi connectivity index (χ1) is 21.1. The maximum Gasteiger partial charge on any atom is 0.417 e. The molecule has 3 aromatic rings. The maximum atomic E-state index is 14.1. The van der Waals surface area contributed by atoms with Crippen LogP contribution in [0.1, 0.15) is 49.3 Å². The zero-order chi connectivity index (χ0) is 33.1. The quantitative estimate of drug-likeness (QED) is 0.235. The minimum absolute atomic E-state index is 0.0655. The zero-order valence-corrected chi connectivity index (χ0v) is 27.5. The van der Waals surface area contributed by atoms with Crippen LogP contribution in [0.5, 0.6) is 0 Å². The van der Waals surface area contributed by atoms with Crippen molar-refractivity contribution in [2.75, 3.05) is 10.8 Å². The van der Waals surface area contributed by atoms with Crippen LogP contribution in [0.15, 0.2) is 65.6 Å². The van der Waals surface area contributed by atoms with Crippen LogP contribution < -0.4 is 9.62 Å². The van der Waals surface area contributed by atoms with Gasteiger partial charge in [0.2, 0.25) is 11.8 Å². The molecular weight excluding hydrogens is 674 g/mol. The molecule has 0 radical (unpaired) electrons. The highest BCUT2D eigenvalue weighted by Gasteiger charge is 2.37. The molecule has 0 heterocycles. The van der Waals surface area contributed by atoms with Crippen LogP contribution in [0.3, 0.4) is 0 Å². The molecule has 242 valence electrons. The van der Waals surface area contributed by atoms with E-state index in [1.807, 2.05) is 0 Å². The zero-order valence-electron chi connectivity index (χ0n) is 24.4. The Morgan fingerprint density at radius 1 is 0.956 bits per heavy atom. The molecule has 0 aromatic heterocycles. The monoisotopic (exact) mass is 703 g/mol. The van der Waals surface area contributed by atoms with E-state index < -0.39 is 56.9 Å². The number of aryl methyl sites for hydroxylation is 1. The van der Waals surface area contributed by atoms with Crippen LogP contribution in [0.25, 0.3) is 0 Å². The van der Waals surface area contributed by atoms with E-state index in [2.05, 4.69) is 5.32 Å². The number of rotatable bonds is 10. The van der Waals surface area contributed by atoms with Crippen molar-refractivity contribution in [2.45, 2.75) is 69.2 Å². The molecule has 45 heavy (non-hydrogen) atoms. The standard InChI is InChI=1S/C31H31Cl3F3N3O4S/c1-19-7-12-25(13-8-19)45(43,44)40(24-11-14-27(33)26(16-24)31(35,36)37)18-29(41)39(17-21-9-10-22(32)15-28(21)34)20(2)30(42)38-23-5-3-4-6-23/h7-16,20,23H,3-6,17-18H2,1-2H3,(H,38,42)/t20-/m1/s1. The van der Waals surface area contributed by atoms with Gasteiger partial charge in [-0.15, -0.1) is 0 Å². The van der Waals surface area contributed by atoms with Gasteiger partial charge in [0, 0.05) is 22.6 Å². The summed E-state index contributed by atoms with van der Waals surface area (Å²) in [5, 5.41) is 2.85. The van der Waals surface area contributed by atoms with Crippen molar-refractivity contribution in [3.8, 4) is 0 Å². The molecule has 0 saturated heterocycles. The lowest BCUT2D eigenvalue weighted by molar-refractivity contribution is -0.139. The van der Waals surface area contributed by atoms with Gasteiger partial charge < -0.3 is 10.2 Å². The highest BCUT2D eigenvalue weighted by molar-refractivity contribution is 7.92. The Morgan fingerprint density at radius 2 is 1.60 bits per heavy atom. The van der Waals surface area contributed by atoms with Crippen LogP contribution in [0.4, 0.5) is 18.9 Å². The van der Waals surface area contributed by atoms with Crippen molar-refractivity contribution >= 4 is 62.3 Å². The summed E-state index contributed by atoms with van der Waals surface area (Å²) in [6, 6.07) is 11.7. The van der Waals surface area contributed by atoms with Crippen LogP contribution >= 0.6 is 34.8 Å². The Kier molecular flexibility index (Phi) is 11.0. The van der Waals surface area contributed by atoms with E-state index in [4.69, 9.17) is 34.8 Å². The number of anilines is 1. The predicted molar refractivity (Wildman–Crippen MR) is 169 cm³/mol. The van der Waals surface area contributed by atoms with Gasteiger partial charge in [0.25, 0.3) is 10.0 Å². The molecule has 14 heteroatoms. The summed E-state index contributed by atoms with van der Waals surface area (Å²) in [4.78, 5) is 28.3. The molecular formula is C31H31Cl3F3N3O4S. The number of alkyl halides is 3. The lowest BCUT2D eigenvalue weighted by Crippen LogP contribution is -2.52. The van der Waals surface area contributed by atoms with Crippen molar-refractivity contribution in [2.24, 2.45) is 0 Å². The Balaban J connectivity index is 1.77. The van der Waals surface area contributed by atoms with Gasteiger partial charge >= 0.3 is 6.18 Å². The second-order valence-corrected chi connectivity index (χ2v) is 14.0. The Labute approximate surface area is 275 Å². The first-order valence-corrected chi connectivity index (χ1v) is 16.6. The summed E-state index contributed by atoms with van der Waals surface area (Å²) < 4.78 is 70.0. The van der Waals surface area contributed by atoms with Gasteiger partial charge in [0.15, 0.2) is 0 Å². The van der Waals surface area contributed by atoms with Gasteiger partial charge in [-0.1, -0.05) is 71.4 Å². The fourth-order valence-electron chi connectivity index (χ4n) is 5.06. The Bertz CT molecular complexity index is 1660. The Morgan fingerprint density at radius 3 is 2.20 bits per heavy atom. The smallest absolute Gasteiger partial charge is 0.352 e. The third-order valence-electron chi connectivity index (χ3n) is 7.66. The van der Waals surface area contributed by atoms with Gasteiger partial charge in [0.05, 0.1) is 21.2 Å². The number of benzene rings is 3. The van der Waals surface area contributed by atoms with E-state index in [0.29, 0.717) is 21.0 Å². The minimum Gasteiger partial charge on any atom is -0.352 e. The molecule has 1 atom stereocenters. The van der Waals surface area contributed by atoms with Gasteiger partial charge in [-0.25, -0.2) is 8.42 Å². The van der Waals surface area contributed by atoms with E-state index in [0.717, 1.165) is 48.3 Å². The SMILES string of the molecule is Cc1ccc(S(=O)(=O)N(CC(=O)N(Cc2ccc(Cl)cc2Cl)[C@H](C)C(=O)NC2CCCC2)c2ccc(Cl)c(C(F)(F)F)c2)cc1. The number of hydrogen-bond acceptors (Lipinski definition) is 4. The van der Waals surface area contributed by atoms with E-state index >= 15 is 0 Å². The van der Waals surface area contributed by atoms with Crippen molar-refractivity contribution in [1.29, 1.82) is 0 Å². The third-order valence-corrected chi connectivity index (χ3v) is 10.4. The van der Waals surface area contributed by atoms with E-state index in [1.54, 1.807) is 19.1 Å². The topological polar surface area (TPSA) is 86.8 Å². The first-order valence-electron chi connectivity index (χ1n) is 14.1. The summed E-state index contributed by atoms with van der Waals surface area (Å²) in [6.45, 7) is 2.10. The second kappa shape index (κ2) is 14.2. The number of halogens is 6. The van der Waals surface area contributed by atoms with E-state index in [-0.39, 0.29) is 22.5 Å². The summed E-state index contributed by atoms with van der Waals surface area (Å²) >= 11 is 18.3. The number of hydrogen-bond donors (Lipinski definition) is 1. The van der Waals surface area contributed by atoms with Crippen LogP contribution in [0, 0.1) is 6.92 Å². The summed E-state index contributed by atoms with van der Waals surface area (Å²) in [7, 11) is -4.59. The van der Waals surface area contributed by atoms with Gasteiger partial charge in [0.1, 0.15) is 12.6 Å². The summed E-state index contributed by atoms with van der Waals surface area (Å²) in [5.74, 6) is -1.31. The van der Waals surface area contributed by atoms with Crippen molar-refractivity contribution in [1.82, 2.24) is 10.2 Å². The molecule has 1 N–H and O–H groups in total. The lowest BCUT2D eigenvalue weighted by atomic mass is 10.1. The summed E-state index contributed by atoms with van der Waals surface area (Å²) in [5.41, 5.74) is -0.537. The van der Waals surface area contributed by atoms with E-state index in [1.165, 1.54) is 37.3 Å². The van der Waals surface area contributed by atoms with Crippen LogP contribution in [-0.2, 0) is 32.3 Å². The van der Waals surface area contributed by atoms with Crippen LogP contribution in [-0.4, -0.2) is 43.8 Å². The molecule has 1 fully saturated rings. The summed E-state index contributed by atoms with van der Waals surface area (Å²) in [6.07, 6.45) is -1.42. The van der Waals surface area contributed by atoms with Crippen molar-refractivity contribution in [3.05, 3.63) is 92.4 Å². The van der Waals surface area contributed by atoms with Crippen LogP contribution in [0.2, 0.25) is 15.1 Å². The number of nitrogens with zero attached hydrogens (tertiary/aromatic N) is 2. The molecule has 1 aliphatic rings. The Hall–Kier alpha value is -2.99. The number of amides is 2. The first kappa shape index (κ1) is 34.9. The lowest BCUT2D eigenvalue weighted by Gasteiger charge is -2.33. The second-order valence-electron chi connectivity index (χ2n) is 10.9. The molecule has 4 rings (SSSR count). The number of carbonyl (C=O) groups excluding carboxylic acids is 2. The molecule has 3 aromatic carbocycles. The van der Waals surface area contributed by atoms with Gasteiger partial charge in [-0.2, -0.15) is 13.2 Å². The average Bonchev–Trinajstić information content (AvgIpc) is 3.48. The van der Waals surface area contributed by atoms with Gasteiger partial charge in [-0.05, 0) is 74.7 Å². The number of sulfonamides is 1. The molecule has 1 aliphatic carbocycles. The largest absolute Gasteiger partial charge is 0.417 e. The molecule has 2 amide bonds. The molecule has 0 spiro atoms. The van der Waals surface area contributed by atoms with Crippen molar-refractivity contribution in [3.63, 3.8) is 0 Å². The van der Waals surface area contributed by atoms with E-state index in [9.17, 15) is 31.2 Å². The molecule has 0 unspecified atom stereocenters. The van der Waals surface area contributed by atoms with Crippen molar-refractivity contribution < 1.29 is 31.2 Å². The maximum absolute atomic E-state index is 14.1. The molecule has 1 saturated carbocycles. The highest BCUT2D eigenvalue weighted by atomic mass is 35.5. The fraction of sp³-hybridized carbons (Fsp3) is 0.355. The number of nitrogens with one attached hydrogen (secondary N) is 1. The highest BCUT2D eigenvalue weighted by Crippen LogP contribution is 2.38. The predicted octanol–water partition coefficient (Wildman–Crippen LogP) is 7.65. The third kappa shape index (κ3) is 8.44. The molecule has 7 nitrogen and oxygen atoms in total. The van der Waals surface area contributed by atoms with Gasteiger partial charge in [-0.3, -0.25) is 13.9 Å². The molecule has 0 aliphatic heterocycles. The molecule has 0 bridgehead atoms. The fourth-order valence-corrected chi connectivity index (χ4v) is 7.16. The number of carbonyl (C=O) groups is 2. The normalized spacial score (nSPS) is 14.7.